The molecule has 4 aliphatic rings. The normalized spacial score (nSPS) is 36.5. The largest absolute Gasteiger partial charge is 0.872 e. The van der Waals surface area contributed by atoms with Gasteiger partial charge in [-0.1, -0.05) is 38.0 Å². The van der Waals surface area contributed by atoms with Gasteiger partial charge in [-0.15, -0.1) is 17.6 Å². The Kier molecular flexibility index (Phi) is 11.9. The van der Waals surface area contributed by atoms with Crippen molar-refractivity contribution in [3.63, 3.8) is 0 Å². The van der Waals surface area contributed by atoms with Crippen molar-refractivity contribution in [2.24, 2.45) is 17.3 Å². The fraction of sp³-hybridized carbons (Fsp3) is 0.704. The van der Waals surface area contributed by atoms with E-state index in [1.165, 1.54) is 11.1 Å². The van der Waals surface area contributed by atoms with Crippen molar-refractivity contribution in [3.8, 4) is 17.6 Å². The molecular formula is C27H35O4ReS3-5. The Morgan fingerprint density at radius 1 is 1.11 bits per heavy atom. The molecule has 1 aromatic rings. The summed E-state index contributed by atoms with van der Waals surface area (Å²) in [7, 11) is 0. The van der Waals surface area contributed by atoms with Crippen LogP contribution in [0.3, 0.4) is 0 Å². The zero-order valence-electron chi connectivity index (χ0n) is 20.2. The molecule has 3 aliphatic carbocycles. The van der Waals surface area contributed by atoms with Crippen LogP contribution in [0, 0.1) is 29.1 Å². The van der Waals surface area contributed by atoms with Crippen LogP contribution in [0.1, 0.15) is 68.9 Å². The van der Waals surface area contributed by atoms with Gasteiger partial charge < -0.3 is 58.3 Å². The first-order valence-electron chi connectivity index (χ1n) is 12.3. The SMILES string of the molecule is C[C@]12CCC3c4ccc([O-])cc4CCC3C1CC[C@@]2([O-])C#CCCC[S-].O.[Re].[S-]C1COCC1[S-]. The van der Waals surface area contributed by atoms with Crippen LogP contribution < -0.4 is 10.2 Å². The molecule has 8 heteroatoms. The minimum Gasteiger partial charge on any atom is -0.872 e. The molecule has 5 unspecified atom stereocenters. The Bertz CT molecular complexity index is 898. The second-order valence-corrected chi connectivity index (χ2v) is 11.9. The van der Waals surface area contributed by atoms with E-state index >= 15 is 0 Å². The van der Waals surface area contributed by atoms with Crippen LogP contribution in [-0.2, 0) is 69.5 Å². The van der Waals surface area contributed by atoms with Crippen molar-refractivity contribution in [1.29, 1.82) is 0 Å². The molecule has 0 amide bonds. The summed E-state index contributed by atoms with van der Waals surface area (Å²) in [6.07, 6.45) is 7.46. The van der Waals surface area contributed by atoms with Gasteiger partial charge in [0.15, 0.2) is 0 Å². The molecule has 197 valence electrons. The van der Waals surface area contributed by atoms with E-state index in [9.17, 15) is 10.2 Å². The number of benzene rings is 1. The van der Waals surface area contributed by atoms with Crippen molar-refractivity contribution in [3.05, 3.63) is 29.3 Å². The predicted molar refractivity (Wildman–Crippen MR) is 139 cm³/mol. The van der Waals surface area contributed by atoms with Gasteiger partial charge in [-0.3, -0.25) is 0 Å². The van der Waals surface area contributed by atoms with Crippen LogP contribution in [0.15, 0.2) is 18.2 Å². The summed E-state index contributed by atoms with van der Waals surface area (Å²) in [5.41, 5.74) is 1.31. The fourth-order valence-electron chi connectivity index (χ4n) is 6.64. The van der Waals surface area contributed by atoms with Gasteiger partial charge in [0.25, 0.3) is 0 Å². The van der Waals surface area contributed by atoms with Crippen molar-refractivity contribution in [1.82, 2.24) is 0 Å². The van der Waals surface area contributed by atoms with E-state index in [1.807, 2.05) is 6.07 Å². The second kappa shape index (κ2) is 13.3. The quantitative estimate of drug-likeness (QED) is 0.266. The molecule has 7 atom stereocenters. The molecule has 0 aromatic heterocycles. The van der Waals surface area contributed by atoms with Crippen LogP contribution in [0.25, 0.3) is 0 Å². The monoisotopic (exact) mass is 706 g/mol. The number of fused-ring (bicyclic) bond motifs is 5. The smallest absolute Gasteiger partial charge is 0.0260 e. The third-order valence-electron chi connectivity index (χ3n) is 8.53. The van der Waals surface area contributed by atoms with E-state index in [2.05, 4.69) is 24.8 Å². The summed E-state index contributed by atoms with van der Waals surface area (Å²) in [4.78, 5) is 0. The van der Waals surface area contributed by atoms with Crippen molar-refractivity contribution in [2.75, 3.05) is 19.0 Å². The van der Waals surface area contributed by atoms with Crippen LogP contribution in [-0.4, -0.2) is 40.5 Å². The first-order valence-corrected chi connectivity index (χ1v) is 13.8. The summed E-state index contributed by atoms with van der Waals surface area (Å²) in [6.45, 7) is 3.58. The molecule has 5 rings (SSSR count). The van der Waals surface area contributed by atoms with Gasteiger partial charge in [0.2, 0.25) is 0 Å². The minimum atomic E-state index is -1.09. The third-order valence-corrected chi connectivity index (χ3v) is 9.92. The molecule has 1 heterocycles. The zero-order chi connectivity index (χ0) is 23.6. The standard InChI is InChI=1S/C23H29O2S.C4H8OS2.H2O.Re/c1-22-12-9-19-18-8-6-17(24)15-16(18)5-7-20(19)21(22)10-13-23(22,25)11-3-2-4-14-26;6-3-1-5-2-4(3)7;;/h6,8,15,19-21,24,26H,2,4-5,7,9-10,12-14H2,1H3;3-4,6-7H,1-2H2;1H2;/q-1;;;/p-4/t19?,20?,21?,22-,23-;;;/m0.../s1. The molecule has 0 bridgehead atoms. The van der Waals surface area contributed by atoms with Crippen molar-refractivity contribution >= 4 is 37.9 Å². The molecule has 0 spiro atoms. The van der Waals surface area contributed by atoms with Crippen LogP contribution >= 0.6 is 0 Å². The van der Waals surface area contributed by atoms with Gasteiger partial charge in [-0.2, -0.15) is 16.3 Å². The maximum atomic E-state index is 13.7. The van der Waals surface area contributed by atoms with E-state index < -0.39 is 5.60 Å². The van der Waals surface area contributed by atoms with Crippen LogP contribution in [0.4, 0.5) is 0 Å². The molecule has 35 heavy (non-hydrogen) atoms. The van der Waals surface area contributed by atoms with Gasteiger partial charge in [0, 0.05) is 40.1 Å². The number of unbranched alkanes of at least 4 members (excludes halogenated alkanes) is 1. The van der Waals surface area contributed by atoms with Crippen molar-refractivity contribution < 1.29 is 40.8 Å². The van der Waals surface area contributed by atoms with Crippen molar-refractivity contribution in [2.45, 2.75) is 80.3 Å². The fourth-order valence-corrected chi connectivity index (χ4v) is 7.14. The molecule has 3 fully saturated rings. The second-order valence-electron chi connectivity index (χ2n) is 10.3. The summed E-state index contributed by atoms with van der Waals surface area (Å²) < 4.78 is 4.96. The van der Waals surface area contributed by atoms with Gasteiger partial charge >= 0.3 is 0 Å². The van der Waals surface area contributed by atoms with Crippen LogP contribution in [0.5, 0.6) is 5.75 Å². The average Bonchev–Trinajstić information content (AvgIpc) is 3.30. The summed E-state index contributed by atoms with van der Waals surface area (Å²) >= 11 is 14.8. The Morgan fingerprint density at radius 2 is 1.83 bits per heavy atom. The predicted octanol–water partition coefficient (Wildman–Crippen LogP) is 2.07. The van der Waals surface area contributed by atoms with Gasteiger partial charge in [0.1, 0.15) is 0 Å². The first-order chi connectivity index (χ1) is 15.8. The molecule has 1 saturated heterocycles. The average molecular weight is 706 g/mol. The maximum Gasteiger partial charge on any atom is 0.0260 e. The summed E-state index contributed by atoms with van der Waals surface area (Å²) in [6, 6.07) is 5.61. The number of aryl methyl sites for hydroxylation is 1. The maximum absolute atomic E-state index is 13.7. The Hall–Kier alpha value is 0.172. The Labute approximate surface area is 241 Å². The number of hydrogen-bond donors (Lipinski definition) is 0. The van der Waals surface area contributed by atoms with E-state index in [0.717, 1.165) is 44.9 Å². The minimum absolute atomic E-state index is 0. The molecule has 1 radical (unpaired) electrons. The van der Waals surface area contributed by atoms with Crippen LogP contribution in [0.2, 0.25) is 0 Å². The Morgan fingerprint density at radius 3 is 2.46 bits per heavy atom. The van der Waals surface area contributed by atoms with E-state index in [4.69, 9.17) is 42.6 Å². The molecular weight excluding hydrogens is 671 g/mol. The van der Waals surface area contributed by atoms with E-state index in [-0.39, 0.29) is 47.6 Å². The topological polar surface area (TPSA) is 86.9 Å². The summed E-state index contributed by atoms with van der Waals surface area (Å²) in [5.74, 6) is 8.72. The molecule has 2 N–H and O–H groups in total. The van der Waals surface area contributed by atoms with E-state index in [0.29, 0.717) is 43.1 Å². The molecule has 4 nitrogen and oxygen atoms in total. The molecule has 1 aliphatic heterocycles. The van der Waals surface area contributed by atoms with Gasteiger partial charge in [-0.05, 0) is 72.0 Å². The molecule has 1 aromatic carbocycles. The molecule has 2 saturated carbocycles. The zero-order valence-corrected chi connectivity index (χ0v) is 25.4. The summed E-state index contributed by atoms with van der Waals surface area (Å²) in [5, 5.41) is 25.8. The van der Waals surface area contributed by atoms with E-state index in [1.54, 1.807) is 6.07 Å². The number of rotatable bonds is 2. The number of hydrogen-bond acceptors (Lipinski definition) is 6. The van der Waals surface area contributed by atoms with Gasteiger partial charge in [-0.25, -0.2) is 0 Å². The first kappa shape index (κ1) is 31.4. The van der Waals surface area contributed by atoms with Gasteiger partial charge in [0.05, 0.1) is 0 Å². The Balaban J connectivity index is 0.000000417. The third kappa shape index (κ3) is 6.43. The number of ether oxygens (including phenoxy) is 1.